The van der Waals surface area contributed by atoms with E-state index in [1.807, 2.05) is 13.0 Å². The Labute approximate surface area is 245 Å². The summed E-state index contributed by atoms with van der Waals surface area (Å²) in [5.74, 6) is 0.258. The van der Waals surface area contributed by atoms with Gasteiger partial charge < -0.3 is 14.7 Å². The average Bonchev–Trinajstić information content (AvgIpc) is 2.89. The summed E-state index contributed by atoms with van der Waals surface area (Å²) in [4.78, 5) is 16.5. The largest absolute Gasteiger partial charge is 0.490 e. The molecule has 2 N–H and O–H groups in total. The molecule has 12 heteroatoms. The number of hydrogen-bond acceptors (Lipinski definition) is 6. The van der Waals surface area contributed by atoms with E-state index in [1.165, 1.54) is 12.1 Å². The molecule has 0 spiro atoms. The fraction of sp³-hybridized carbons (Fsp3) is 0.536. The zero-order chi connectivity index (χ0) is 29.4. The Morgan fingerprint density at radius 2 is 1.62 bits per heavy atom. The molecule has 40 heavy (non-hydrogen) atoms. The van der Waals surface area contributed by atoms with Crippen molar-refractivity contribution in [3.8, 4) is 5.75 Å². The Morgan fingerprint density at radius 3 is 2.17 bits per heavy atom. The van der Waals surface area contributed by atoms with Gasteiger partial charge in [-0.3, -0.25) is 14.2 Å². The number of piperidine rings is 2. The number of hydrogen-bond donors (Lipinski definition) is 2. The van der Waals surface area contributed by atoms with Crippen LogP contribution in [-0.4, -0.2) is 85.0 Å². The van der Waals surface area contributed by atoms with Gasteiger partial charge in [0.2, 0.25) is 0 Å². The molecule has 222 valence electrons. The van der Waals surface area contributed by atoms with Gasteiger partial charge in [0.1, 0.15) is 23.7 Å². The van der Waals surface area contributed by atoms with E-state index in [2.05, 4.69) is 9.80 Å². The number of carbonyl (C=O) groups is 1. The van der Waals surface area contributed by atoms with Gasteiger partial charge in [-0.25, -0.2) is 4.39 Å². The highest BCUT2D eigenvalue weighted by atomic mass is 35.5. The Hall–Kier alpha value is -1.95. The molecule has 2 saturated heterocycles. The molecular weight excluding hydrogens is 582 g/mol. The number of aliphatic carboxylic acids is 1. The summed E-state index contributed by atoms with van der Waals surface area (Å²) >= 11 is 12.3. The number of likely N-dealkylation sites (tertiary alicyclic amines) is 2. The smallest absolute Gasteiger partial charge is 0.321 e. The molecule has 2 aromatic rings. The van der Waals surface area contributed by atoms with Crippen molar-refractivity contribution in [3.63, 3.8) is 0 Å². The van der Waals surface area contributed by atoms with Crippen LogP contribution in [0.1, 0.15) is 36.8 Å². The van der Waals surface area contributed by atoms with Crippen molar-refractivity contribution >= 4 is 39.3 Å². The molecule has 2 aliphatic heterocycles. The monoisotopic (exact) mass is 618 g/mol. The number of carboxylic acid groups (broad SMARTS) is 1. The summed E-state index contributed by atoms with van der Waals surface area (Å²) in [6.45, 7) is 6.51. The molecule has 1 atom stereocenters. The molecule has 0 saturated carbocycles. The van der Waals surface area contributed by atoms with Gasteiger partial charge in [-0.1, -0.05) is 35.3 Å². The van der Waals surface area contributed by atoms with Crippen LogP contribution >= 0.6 is 23.2 Å². The van der Waals surface area contributed by atoms with Crippen molar-refractivity contribution in [1.82, 2.24) is 9.80 Å². The van der Waals surface area contributed by atoms with E-state index >= 15 is 0 Å². The maximum atomic E-state index is 13.2. The Morgan fingerprint density at radius 1 is 1.05 bits per heavy atom. The van der Waals surface area contributed by atoms with Crippen molar-refractivity contribution in [2.24, 2.45) is 5.92 Å². The molecule has 2 aliphatic rings. The van der Waals surface area contributed by atoms with Crippen LogP contribution in [0.3, 0.4) is 0 Å². The third-order valence-corrected chi connectivity index (χ3v) is 8.25. The van der Waals surface area contributed by atoms with Crippen molar-refractivity contribution in [1.29, 1.82) is 0 Å². The first-order valence-corrected chi connectivity index (χ1v) is 15.9. The van der Waals surface area contributed by atoms with Gasteiger partial charge in [0.05, 0.1) is 16.3 Å². The SMILES string of the molecule is CS(=O)(=O)O.Cc1c(OC2CCN(CC3CCN([C@@H](Cc4ccc(F)cc4)C(=O)O)CC3)CC2)ccc(Cl)c1Cl. The second-order valence-electron chi connectivity index (χ2n) is 10.5. The van der Waals surface area contributed by atoms with Crippen LogP contribution in [0.5, 0.6) is 5.75 Å². The third kappa shape index (κ3) is 10.5. The molecule has 2 aromatic carbocycles. The average molecular weight is 620 g/mol. The van der Waals surface area contributed by atoms with Crippen LogP contribution in [-0.2, 0) is 21.3 Å². The minimum Gasteiger partial charge on any atom is -0.490 e. The molecule has 2 fully saturated rings. The second kappa shape index (κ2) is 14.8. The Kier molecular flexibility index (Phi) is 12.0. The topological polar surface area (TPSA) is 107 Å². The molecule has 0 amide bonds. The van der Waals surface area contributed by atoms with Crippen molar-refractivity contribution in [2.45, 2.75) is 51.2 Å². The highest BCUT2D eigenvalue weighted by Crippen LogP contribution is 2.33. The second-order valence-corrected chi connectivity index (χ2v) is 12.8. The van der Waals surface area contributed by atoms with Gasteiger partial charge >= 0.3 is 5.97 Å². The van der Waals surface area contributed by atoms with E-state index in [-0.39, 0.29) is 11.9 Å². The first-order chi connectivity index (χ1) is 18.8. The predicted octanol–water partition coefficient (Wildman–Crippen LogP) is 5.20. The van der Waals surface area contributed by atoms with Crippen LogP contribution in [0.4, 0.5) is 4.39 Å². The zero-order valence-corrected chi connectivity index (χ0v) is 25.1. The lowest BCUT2D eigenvalue weighted by molar-refractivity contribution is -0.144. The molecule has 8 nitrogen and oxygen atoms in total. The highest BCUT2D eigenvalue weighted by molar-refractivity contribution is 7.85. The normalized spacial score (nSPS) is 18.6. The van der Waals surface area contributed by atoms with Gasteiger partial charge in [-0.2, -0.15) is 8.42 Å². The summed E-state index contributed by atoms with van der Waals surface area (Å²) in [6, 6.07) is 9.23. The van der Waals surface area contributed by atoms with Crippen molar-refractivity contribution in [3.05, 3.63) is 63.4 Å². The van der Waals surface area contributed by atoms with Crippen molar-refractivity contribution in [2.75, 3.05) is 39.0 Å². The van der Waals surface area contributed by atoms with E-state index in [0.717, 1.165) is 75.3 Å². The van der Waals surface area contributed by atoms with Crippen molar-refractivity contribution < 1.29 is 32.0 Å². The van der Waals surface area contributed by atoms with Crippen LogP contribution < -0.4 is 4.74 Å². The van der Waals surface area contributed by atoms with E-state index in [9.17, 15) is 22.7 Å². The molecule has 4 rings (SSSR count). The standard InChI is InChI=1S/C27H33Cl2FN2O3.CH4O3S/c1-18-25(7-6-23(28)26(18)29)35-22-10-12-31(13-11-22)17-20-8-14-32(15-9-20)24(27(33)34)16-19-2-4-21(30)5-3-19;1-5(2,3)4/h2-7,20,22,24H,8-17H2,1H3,(H,33,34);1H3,(H,2,3,4)/t24-;/m0./s1. The third-order valence-electron chi connectivity index (χ3n) is 7.35. The first-order valence-electron chi connectivity index (χ1n) is 13.3. The van der Waals surface area contributed by atoms with E-state index in [0.29, 0.717) is 28.6 Å². The summed E-state index contributed by atoms with van der Waals surface area (Å²) in [6.07, 6.45) is 5.21. The van der Waals surface area contributed by atoms with E-state index < -0.39 is 22.1 Å². The molecule has 0 aromatic heterocycles. The highest BCUT2D eigenvalue weighted by Gasteiger charge is 2.31. The number of ether oxygens (including phenoxy) is 1. The lowest BCUT2D eigenvalue weighted by Crippen LogP contribution is -2.48. The number of carboxylic acids is 1. The van der Waals surface area contributed by atoms with Gasteiger partial charge in [0.15, 0.2) is 0 Å². The minimum absolute atomic E-state index is 0.173. The maximum absolute atomic E-state index is 13.2. The molecule has 0 unspecified atom stereocenters. The number of halogens is 3. The Bertz CT molecular complexity index is 1220. The molecule has 2 heterocycles. The van der Waals surface area contributed by atoms with Crippen LogP contribution in [0.25, 0.3) is 0 Å². The lowest BCUT2D eigenvalue weighted by Gasteiger charge is -2.39. The predicted molar refractivity (Wildman–Crippen MR) is 155 cm³/mol. The van der Waals surface area contributed by atoms with Gasteiger partial charge in [-0.05, 0) is 87.9 Å². The van der Waals surface area contributed by atoms with Gasteiger partial charge in [0.25, 0.3) is 10.1 Å². The number of rotatable bonds is 8. The quantitative estimate of drug-likeness (QED) is 0.389. The molecule has 0 aliphatic carbocycles. The number of nitrogens with zero attached hydrogens (tertiary/aromatic N) is 2. The number of benzene rings is 2. The summed E-state index contributed by atoms with van der Waals surface area (Å²) in [7, 11) is -3.67. The summed E-state index contributed by atoms with van der Waals surface area (Å²) in [5.41, 5.74) is 1.73. The fourth-order valence-electron chi connectivity index (χ4n) is 5.18. The maximum Gasteiger partial charge on any atom is 0.321 e. The fourth-order valence-corrected chi connectivity index (χ4v) is 5.54. The summed E-state index contributed by atoms with van der Waals surface area (Å²) < 4.78 is 45.3. The lowest BCUT2D eigenvalue weighted by atomic mass is 9.93. The van der Waals surface area contributed by atoms with Crippen LogP contribution in [0.2, 0.25) is 10.0 Å². The van der Waals surface area contributed by atoms with Crippen LogP contribution in [0, 0.1) is 18.7 Å². The van der Waals surface area contributed by atoms with Crippen LogP contribution in [0.15, 0.2) is 36.4 Å². The molecule has 0 bridgehead atoms. The molecular formula is C28H37Cl2FN2O6S. The molecule has 0 radical (unpaired) electrons. The zero-order valence-electron chi connectivity index (χ0n) is 22.7. The van der Waals surface area contributed by atoms with E-state index in [1.54, 1.807) is 18.2 Å². The van der Waals surface area contributed by atoms with Gasteiger partial charge in [0, 0.05) is 25.2 Å². The van der Waals surface area contributed by atoms with Gasteiger partial charge in [-0.15, -0.1) is 0 Å². The van der Waals surface area contributed by atoms with E-state index in [4.69, 9.17) is 32.5 Å². The minimum atomic E-state index is -3.67. The Balaban J connectivity index is 0.000000810. The first kappa shape index (κ1) is 32.6. The summed E-state index contributed by atoms with van der Waals surface area (Å²) in [5, 5.41) is 10.9.